The Morgan fingerprint density at radius 3 is 2.37 bits per heavy atom. The molecule has 0 aromatic heterocycles. The monoisotopic (exact) mass is 385 g/mol. The normalized spacial score (nSPS) is 16.1. The lowest BCUT2D eigenvalue weighted by Gasteiger charge is -2.32. The van der Waals surface area contributed by atoms with Gasteiger partial charge in [0.1, 0.15) is 16.4 Å². The van der Waals surface area contributed by atoms with Crippen LogP contribution in [0.15, 0.2) is 41.3 Å². The van der Waals surface area contributed by atoms with E-state index in [-0.39, 0.29) is 16.2 Å². The highest BCUT2D eigenvalue weighted by Crippen LogP contribution is 2.33. The van der Waals surface area contributed by atoms with E-state index in [1.165, 1.54) is 10.4 Å². The lowest BCUT2D eigenvalue weighted by Crippen LogP contribution is -2.47. The molecule has 0 unspecified atom stereocenters. The molecule has 1 saturated heterocycles. The van der Waals surface area contributed by atoms with Crippen molar-refractivity contribution in [2.45, 2.75) is 18.7 Å². The topological polar surface area (TPSA) is 73.6 Å². The van der Waals surface area contributed by atoms with E-state index in [9.17, 15) is 13.7 Å². The maximum atomic E-state index is 13.2. The molecule has 0 radical (unpaired) electrons. The number of sulfonamides is 1. The molecule has 142 valence electrons. The SMILES string of the molecule is Cc1ccc(C)c(Oc2ccc(C#N)cc2S(=O)(=O)N2CCN(C)CC2)c1. The highest BCUT2D eigenvalue weighted by molar-refractivity contribution is 7.89. The first-order chi connectivity index (χ1) is 12.8. The Kier molecular flexibility index (Phi) is 5.51. The zero-order valence-electron chi connectivity index (χ0n) is 15.8. The van der Waals surface area contributed by atoms with Gasteiger partial charge < -0.3 is 9.64 Å². The molecule has 2 aromatic rings. The van der Waals surface area contributed by atoms with E-state index in [2.05, 4.69) is 4.90 Å². The van der Waals surface area contributed by atoms with Gasteiger partial charge in [-0.25, -0.2) is 8.42 Å². The smallest absolute Gasteiger partial charge is 0.246 e. The first-order valence-corrected chi connectivity index (χ1v) is 10.2. The third kappa shape index (κ3) is 4.14. The van der Waals surface area contributed by atoms with Gasteiger partial charge in [-0.3, -0.25) is 0 Å². The van der Waals surface area contributed by atoms with Crippen LogP contribution in [0.25, 0.3) is 0 Å². The molecule has 0 aliphatic carbocycles. The fraction of sp³-hybridized carbons (Fsp3) is 0.350. The fourth-order valence-electron chi connectivity index (χ4n) is 2.97. The fourth-order valence-corrected chi connectivity index (χ4v) is 4.53. The molecule has 1 aliphatic heterocycles. The van der Waals surface area contributed by atoms with Crippen molar-refractivity contribution in [1.82, 2.24) is 9.21 Å². The average Bonchev–Trinajstić information content (AvgIpc) is 2.65. The Hall–Kier alpha value is -2.40. The predicted octanol–water partition coefficient (Wildman–Crippen LogP) is 2.90. The summed E-state index contributed by atoms with van der Waals surface area (Å²) in [4.78, 5) is 2.12. The summed E-state index contributed by atoms with van der Waals surface area (Å²) in [7, 11) is -1.79. The summed E-state index contributed by atoms with van der Waals surface area (Å²) in [6.45, 7) is 6.03. The van der Waals surface area contributed by atoms with Gasteiger partial charge in [0.2, 0.25) is 10.0 Å². The molecule has 1 fully saturated rings. The van der Waals surface area contributed by atoms with Gasteiger partial charge in [0.15, 0.2) is 0 Å². The molecule has 7 heteroatoms. The number of rotatable bonds is 4. The quantitative estimate of drug-likeness (QED) is 0.809. The van der Waals surface area contributed by atoms with Crippen LogP contribution < -0.4 is 4.74 Å². The number of ether oxygens (including phenoxy) is 1. The first kappa shape index (κ1) is 19.4. The van der Waals surface area contributed by atoms with Crippen molar-refractivity contribution in [2.75, 3.05) is 33.2 Å². The van der Waals surface area contributed by atoms with Crippen LogP contribution in [0.2, 0.25) is 0 Å². The van der Waals surface area contributed by atoms with Crippen LogP contribution in [0, 0.1) is 25.2 Å². The molecule has 0 bridgehead atoms. The summed E-state index contributed by atoms with van der Waals surface area (Å²) >= 11 is 0. The van der Waals surface area contributed by atoms with E-state index in [1.54, 1.807) is 12.1 Å². The average molecular weight is 385 g/mol. The summed E-state index contributed by atoms with van der Waals surface area (Å²) in [5, 5.41) is 9.23. The molecular weight excluding hydrogens is 362 g/mol. The molecule has 3 rings (SSSR count). The minimum Gasteiger partial charge on any atom is -0.456 e. The van der Waals surface area contributed by atoms with Crippen molar-refractivity contribution < 1.29 is 13.2 Å². The van der Waals surface area contributed by atoms with Crippen LogP contribution in [0.5, 0.6) is 11.5 Å². The molecule has 0 saturated carbocycles. The van der Waals surface area contributed by atoms with Crippen molar-refractivity contribution in [3.63, 3.8) is 0 Å². The molecular formula is C20H23N3O3S. The second kappa shape index (κ2) is 7.69. The van der Waals surface area contributed by atoms with Gasteiger partial charge >= 0.3 is 0 Å². The van der Waals surface area contributed by atoms with Crippen molar-refractivity contribution in [2.24, 2.45) is 0 Å². The second-order valence-electron chi connectivity index (χ2n) is 6.85. The van der Waals surface area contributed by atoms with Crippen LogP contribution >= 0.6 is 0 Å². The van der Waals surface area contributed by atoms with Gasteiger partial charge in [0.05, 0.1) is 11.6 Å². The van der Waals surface area contributed by atoms with Gasteiger partial charge in [-0.05, 0) is 56.3 Å². The molecule has 6 nitrogen and oxygen atoms in total. The standard InChI is InChI=1S/C20H23N3O3S/c1-15-4-5-16(2)19(12-15)26-18-7-6-17(14-21)13-20(18)27(24,25)23-10-8-22(3)9-11-23/h4-7,12-13H,8-11H2,1-3H3. The number of nitriles is 1. The minimum absolute atomic E-state index is 0.0343. The molecule has 1 aliphatic rings. The minimum atomic E-state index is -3.76. The van der Waals surface area contributed by atoms with Crippen molar-refractivity contribution in [3.8, 4) is 17.6 Å². The van der Waals surface area contributed by atoms with Gasteiger partial charge in [-0.2, -0.15) is 9.57 Å². The second-order valence-corrected chi connectivity index (χ2v) is 8.76. The first-order valence-electron chi connectivity index (χ1n) is 8.79. The van der Waals surface area contributed by atoms with E-state index < -0.39 is 10.0 Å². The van der Waals surface area contributed by atoms with Crippen molar-refractivity contribution >= 4 is 10.0 Å². The summed E-state index contributed by atoms with van der Waals surface area (Å²) < 4.78 is 33.9. The van der Waals surface area contributed by atoms with E-state index >= 15 is 0 Å². The summed E-state index contributed by atoms with van der Waals surface area (Å²) in [6, 6.07) is 12.3. The highest BCUT2D eigenvalue weighted by atomic mass is 32.2. The van der Waals surface area contributed by atoms with Crippen LogP contribution in [-0.2, 0) is 10.0 Å². The van der Waals surface area contributed by atoms with E-state index in [0.717, 1.165) is 11.1 Å². The molecule has 0 atom stereocenters. The molecule has 0 N–H and O–H groups in total. The Labute approximate surface area is 160 Å². The maximum Gasteiger partial charge on any atom is 0.246 e. The molecule has 2 aromatic carbocycles. The number of benzene rings is 2. The van der Waals surface area contributed by atoms with Crippen molar-refractivity contribution in [3.05, 3.63) is 53.1 Å². The largest absolute Gasteiger partial charge is 0.456 e. The Morgan fingerprint density at radius 2 is 1.70 bits per heavy atom. The molecule has 0 spiro atoms. The van der Waals surface area contributed by atoms with E-state index in [4.69, 9.17) is 4.74 Å². The summed E-state index contributed by atoms with van der Waals surface area (Å²) in [5.74, 6) is 0.844. The van der Waals surface area contributed by atoms with Gasteiger partial charge in [0, 0.05) is 26.2 Å². The zero-order chi connectivity index (χ0) is 19.6. The Morgan fingerprint density at radius 1 is 1.00 bits per heavy atom. The number of piperazine rings is 1. The highest BCUT2D eigenvalue weighted by Gasteiger charge is 2.30. The lowest BCUT2D eigenvalue weighted by atomic mass is 10.1. The number of hydrogen-bond acceptors (Lipinski definition) is 5. The number of aryl methyl sites for hydroxylation is 2. The lowest BCUT2D eigenvalue weighted by molar-refractivity contribution is 0.222. The Balaban J connectivity index is 2.03. The maximum absolute atomic E-state index is 13.2. The summed E-state index contributed by atoms with van der Waals surface area (Å²) in [5.41, 5.74) is 2.22. The number of likely N-dealkylation sites (N-methyl/N-ethyl adjacent to an activating group) is 1. The molecule has 27 heavy (non-hydrogen) atoms. The van der Waals surface area contributed by atoms with Gasteiger partial charge in [-0.15, -0.1) is 0 Å². The zero-order valence-corrected chi connectivity index (χ0v) is 16.6. The van der Waals surface area contributed by atoms with Crippen LogP contribution in [-0.4, -0.2) is 50.8 Å². The van der Waals surface area contributed by atoms with Gasteiger partial charge in [-0.1, -0.05) is 12.1 Å². The van der Waals surface area contributed by atoms with Crippen LogP contribution in [0.1, 0.15) is 16.7 Å². The third-order valence-corrected chi connectivity index (χ3v) is 6.64. The van der Waals surface area contributed by atoms with Gasteiger partial charge in [0.25, 0.3) is 0 Å². The number of nitrogens with zero attached hydrogens (tertiary/aromatic N) is 3. The van der Waals surface area contributed by atoms with Crippen LogP contribution in [0.3, 0.4) is 0 Å². The van der Waals surface area contributed by atoms with E-state index in [1.807, 2.05) is 45.2 Å². The van der Waals surface area contributed by atoms with E-state index in [0.29, 0.717) is 31.9 Å². The predicted molar refractivity (Wildman–Crippen MR) is 103 cm³/mol. The summed E-state index contributed by atoms with van der Waals surface area (Å²) in [6.07, 6.45) is 0. The number of hydrogen-bond donors (Lipinski definition) is 0. The van der Waals surface area contributed by atoms with Crippen molar-refractivity contribution in [1.29, 1.82) is 5.26 Å². The Bertz CT molecular complexity index is 988. The van der Waals surface area contributed by atoms with Crippen LogP contribution in [0.4, 0.5) is 0 Å². The molecule has 1 heterocycles. The molecule has 0 amide bonds. The third-order valence-electron chi connectivity index (χ3n) is 4.72.